The zero-order chi connectivity index (χ0) is 26.2. The third kappa shape index (κ3) is 6.20. The Morgan fingerprint density at radius 3 is 2.67 bits per heavy atom. The SMILES string of the molecule is C=CCN1C(=O)NC(c2ccccc2Cl)C(C(=O)OCC)=C1CN1CCN(C(=O)NCCC)C(C)C1. The number of piperazine rings is 1. The molecule has 1 aromatic carbocycles. The lowest BCUT2D eigenvalue weighted by molar-refractivity contribution is -0.139. The van der Waals surface area contributed by atoms with Gasteiger partial charge >= 0.3 is 18.0 Å². The first kappa shape index (κ1) is 27.5. The second-order valence-corrected chi connectivity index (χ2v) is 9.30. The van der Waals surface area contributed by atoms with E-state index in [1.807, 2.05) is 24.8 Å². The van der Waals surface area contributed by atoms with Crippen LogP contribution in [-0.4, -0.2) is 84.6 Å². The van der Waals surface area contributed by atoms with E-state index in [2.05, 4.69) is 22.1 Å². The van der Waals surface area contributed by atoms with Crippen LogP contribution < -0.4 is 10.6 Å². The third-order valence-corrected chi connectivity index (χ3v) is 6.68. The number of amides is 4. The van der Waals surface area contributed by atoms with Crippen molar-refractivity contribution in [2.24, 2.45) is 0 Å². The second-order valence-electron chi connectivity index (χ2n) is 8.89. The maximum Gasteiger partial charge on any atom is 0.338 e. The van der Waals surface area contributed by atoms with Crippen molar-refractivity contribution in [1.29, 1.82) is 0 Å². The molecule has 9 nitrogen and oxygen atoms in total. The summed E-state index contributed by atoms with van der Waals surface area (Å²) in [6.07, 6.45) is 2.50. The summed E-state index contributed by atoms with van der Waals surface area (Å²) in [7, 11) is 0. The molecular weight excluding hydrogens is 482 g/mol. The van der Waals surface area contributed by atoms with Crippen LogP contribution in [0.1, 0.15) is 38.8 Å². The summed E-state index contributed by atoms with van der Waals surface area (Å²) in [6, 6.07) is 5.94. The molecule has 3 rings (SSSR count). The van der Waals surface area contributed by atoms with E-state index in [9.17, 15) is 14.4 Å². The fraction of sp³-hybridized carbons (Fsp3) is 0.500. The Morgan fingerprint density at radius 2 is 2.03 bits per heavy atom. The molecule has 1 fully saturated rings. The molecule has 10 heteroatoms. The van der Waals surface area contributed by atoms with Crippen LogP contribution in [0.15, 0.2) is 48.2 Å². The first-order chi connectivity index (χ1) is 17.3. The molecule has 2 unspecified atom stereocenters. The Labute approximate surface area is 218 Å². The van der Waals surface area contributed by atoms with Crippen LogP contribution in [0.3, 0.4) is 0 Å². The summed E-state index contributed by atoms with van der Waals surface area (Å²) in [5, 5.41) is 6.31. The number of urea groups is 2. The highest BCUT2D eigenvalue weighted by Gasteiger charge is 2.40. The van der Waals surface area contributed by atoms with Crippen molar-refractivity contribution in [3.05, 3.63) is 58.8 Å². The van der Waals surface area contributed by atoms with Crippen LogP contribution in [0.4, 0.5) is 9.59 Å². The molecule has 0 spiro atoms. The maximum atomic E-state index is 13.3. The van der Waals surface area contributed by atoms with E-state index in [0.717, 1.165) is 6.42 Å². The molecule has 4 amide bonds. The van der Waals surface area contributed by atoms with Crippen LogP contribution in [0.2, 0.25) is 5.02 Å². The fourth-order valence-corrected chi connectivity index (χ4v) is 4.86. The van der Waals surface area contributed by atoms with Gasteiger partial charge in [0.25, 0.3) is 0 Å². The molecule has 0 saturated carbocycles. The first-order valence-electron chi connectivity index (χ1n) is 12.4. The van der Waals surface area contributed by atoms with E-state index in [1.165, 1.54) is 4.90 Å². The quantitative estimate of drug-likeness (QED) is 0.386. The number of esters is 1. The minimum Gasteiger partial charge on any atom is -0.463 e. The van der Waals surface area contributed by atoms with Crippen molar-refractivity contribution in [3.63, 3.8) is 0 Å². The van der Waals surface area contributed by atoms with Crippen LogP contribution in [0.5, 0.6) is 0 Å². The number of nitrogens with zero attached hydrogens (tertiary/aromatic N) is 3. The number of rotatable bonds is 9. The zero-order valence-corrected chi connectivity index (χ0v) is 22.0. The average molecular weight is 518 g/mol. The summed E-state index contributed by atoms with van der Waals surface area (Å²) in [5.41, 5.74) is 1.53. The number of benzene rings is 1. The molecular formula is C26H36ClN5O4. The highest BCUT2D eigenvalue weighted by molar-refractivity contribution is 6.31. The Balaban J connectivity index is 1.97. The summed E-state index contributed by atoms with van der Waals surface area (Å²) in [5.74, 6) is -0.503. The molecule has 2 aliphatic heterocycles. The van der Waals surface area contributed by atoms with Gasteiger partial charge in [0.1, 0.15) is 0 Å². The highest BCUT2D eigenvalue weighted by Crippen LogP contribution is 2.35. The van der Waals surface area contributed by atoms with Crippen LogP contribution in [0.25, 0.3) is 0 Å². The lowest BCUT2D eigenvalue weighted by atomic mass is 9.94. The van der Waals surface area contributed by atoms with Gasteiger partial charge in [-0.05, 0) is 31.9 Å². The van der Waals surface area contributed by atoms with E-state index in [0.29, 0.717) is 54.6 Å². The fourth-order valence-electron chi connectivity index (χ4n) is 4.61. The molecule has 196 valence electrons. The molecule has 36 heavy (non-hydrogen) atoms. The Bertz CT molecular complexity index is 1010. The lowest BCUT2D eigenvalue weighted by Gasteiger charge is -2.42. The second kappa shape index (κ2) is 12.8. The number of nitrogens with one attached hydrogen (secondary N) is 2. The van der Waals surface area contributed by atoms with Crippen molar-refractivity contribution in [2.75, 3.05) is 45.9 Å². The highest BCUT2D eigenvalue weighted by atomic mass is 35.5. The predicted octanol–water partition coefficient (Wildman–Crippen LogP) is 3.54. The van der Waals surface area contributed by atoms with Gasteiger partial charge in [0.2, 0.25) is 0 Å². The van der Waals surface area contributed by atoms with Gasteiger partial charge in [0.05, 0.1) is 18.2 Å². The van der Waals surface area contributed by atoms with Gasteiger partial charge < -0.3 is 20.3 Å². The van der Waals surface area contributed by atoms with Crippen LogP contribution >= 0.6 is 11.6 Å². The minimum absolute atomic E-state index is 0.0353. The topological polar surface area (TPSA) is 94.2 Å². The van der Waals surface area contributed by atoms with Crippen LogP contribution in [0, 0.1) is 0 Å². The summed E-state index contributed by atoms with van der Waals surface area (Å²) >= 11 is 6.48. The van der Waals surface area contributed by atoms with Gasteiger partial charge in [0.15, 0.2) is 0 Å². The lowest BCUT2D eigenvalue weighted by Crippen LogP contribution is -2.58. The Hall–Kier alpha value is -3.04. The Kier molecular flexibility index (Phi) is 9.78. The van der Waals surface area contributed by atoms with E-state index in [1.54, 1.807) is 31.2 Å². The largest absolute Gasteiger partial charge is 0.463 e. The Morgan fingerprint density at radius 1 is 1.28 bits per heavy atom. The molecule has 2 N–H and O–H groups in total. The van der Waals surface area contributed by atoms with E-state index in [-0.39, 0.29) is 31.3 Å². The molecule has 1 aromatic rings. The predicted molar refractivity (Wildman–Crippen MR) is 140 cm³/mol. The van der Waals surface area contributed by atoms with Crippen LogP contribution in [-0.2, 0) is 9.53 Å². The molecule has 2 aliphatic rings. The summed E-state index contributed by atoms with van der Waals surface area (Å²) < 4.78 is 5.44. The number of halogens is 1. The molecule has 0 bridgehead atoms. The first-order valence-corrected chi connectivity index (χ1v) is 12.8. The van der Waals surface area contributed by atoms with Gasteiger partial charge in [-0.25, -0.2) is 14.4 Å². The van der Waals surface area contributed by atoms with Crippen molar-refractivity contribution in [1.82, 2.24) is 25.3 Å². The van der Waals surface area contributed by atoms with E-state index in [4.69, 9.17) is 16.3 Å². The minimum atomic E-state index is -0.750. The van der Waals surface area contributed by atoms with Crippen molar-refractivity contribution in [3.8, 4) is 0 Å². The van der Waals surface area contributed by atoms with Gasteiger partial charge in [-0.3, -0.25) is 9.80 Å². The van der Waals surface area contributed by atoms with Crippen molar-refractivity contribution >= 4 is 29.6 Å². The number of hydrogen-bond donors (Lipinski definition) is 2. The van der Waals surface area contributed by atoms with Gasteiger partial charge in [-0.1, -0.05) is 42.8 Å². The zero-order valence-electron chi connectivity index (χ0n) is 21.3. The smallest absolute Gasteiger partial charge is 0.338 e. The number of carbonyl (C=O) groups is 3. The molecule has 0 radical (unpaired) electrons. The summed E-state index contributed by atoms with van der Waals surface area (Å²) in [4.78, 5) is 44.6. The average Bonchev–Trinajstić information content (AvgIpc) is 2.85. The number of ether oxygens (including phenoxy) is 1. The standard InChI is InChI=1S/C26H36ClN5O4/c1-5-12-28-25(34)31-15-14-30(16-18(31)4)17-21-22(24(33)36-7-3)23(19-10-8-9-11-20(19)27)29-26(35)32(21)13-6-2/h6,8-11,18,23H,2,5,7,12-17H2,1,3-4H3,(H,28,34)(H,29,35). The summed E-state index contributed by atoms with van der Waals surface area (Å²) in [6.45, 7) is 12.7. The van der Waals surface area contributed by atoms with E-state index >= 15 is 0 Å². The van der Waals surface area contributed by atoms with E-state index < -0.39 is 12.0 Å². The molecule has 1 saturated heterocycles. The maximum absolute atomic E-state index is 13.3. The van der Waals surface area contributed by atoms with Gasteiger partial charge in [-0.15, -0.1) is 6.58 Å². The molecule has 2 heterocycles. The van der Waals surface area contributed by atoms with Crippen molar-refractivity contribution in [2.45, 2.75) is 39.3 Å². The van der Waals surface area contributed by atoms with Gasteiger partial charge in [0, 0.05) is 56.0 Å². The molecule has 0 aromatic heterocycles. The van der Waals surface area contributed by atoms with Crippen molar-refractivity contribution < 1.29 is 19.1 Å². The third-order valence-electron chi connectivity index (χ3n) is 6.33. The number of carbonyl (C=O) groups excluding carboxylic acids is 3. The normalized spacial score (nSPS) is 20.7. The number of hydrogen-bond acceptors (Lipinski definition) is 5. The van der Waals surface area contributed by atoms with Gasteiger partial charge in [-0.2, -0.15) is 0 Å². The molecule has 2 atom stereocenters. The molecule has 0 aliphatic carbocycles. The monoisotopic (exact) mass is 517 g/mol.